The Balaban J connectivity index is 1.64. The van der Waals surface area contributed by atoms with Crippen molar-refractivity contribution >= 4 is 17.6 Å². The molecule has 8 heteroatoms. The quantitative estimate of drug-likeness (QED) is 0.762. The highest BCUT2D eigenvalue weighted by Crippen LogP contribution is 2.30. The summed E-state index contributed by atoms with van der Waals surface area (Å²) in [4.78, 5) is 18.0. The Hall–Kier alpha value is -3.29. The number of nitrogens with one attached hydrogen (secondary N) is 1. The number of fused-ring (bicyclic) bond motifs is 1. The molecular formula is C19H21N5O3. The molecule has 1 aromatic carbocycles. The van der Waals surface area contributed by atoms with E-state index in [2.05, 4.69) is 15.2 Å². The number of anilines is 1. The van der Waals surface area contributed by atoms with E-state index in [0.717, 1.165) is 41.4 Å². The predicted octanol–water partition coefficient (Wildman–Crippen LogP) is 2.34. The highest BCUT2D eigenvalue weighted by Gasteiger charge is 2.27. The number of rotatable bonds is 4. The van der Waals surface area contributed by atoms with Crippen LogP contribution in [0.2, 0.25) is 0 Å². The maximum Gasteiger partial charge on any atom is 0.407 e. The molecule has 0 saturated carbocycles. The molecule has 1 aliphatic heterocycles. The van der Waals surface area contributed by atoms with Crippen molar-refractivity contribution in [3.63, 3.8) is 0 Å². The molecule has 0 bridgehead atoms. The molecule has 2 aromatic heterocycles. The molecule has 1 amide bonds. The molecule has 1 saturated heterocycles. The summed E-state index contributed by atoms with van der Waals surface area (Å²) >= 11 is 0. The Morgan fingerprint density at radius 1 is 1.26 bits per heavy atom. The van der Waals surface area contributed by atoms with Gasteiger partial charge in [0.05, 0.1) is 25.5 Å². The Kier molecular flexibility index (Phi) is 4.53. The number of imidazole rings is 1. The minimum absolute atomic E-state index is 0.140. The van der Waals surface area contributed by atoms with Crippen LogP contribution in [0.4, 0.5) is 10.6 Å². The summed E-state index contributed by atoms with van der Waals surface area (Å²) in [5.74, 6) is 1.59. The third kappa shape index (κ3) is 3.25. The van der Waals surface area contributed by atoms with Crippen LogP contribution >= 0.6 is 0 Å². The fourth-order valence-corrected chi connectivity index (χ4v) is 3.31. The van der Waals surface area contributed by atoms with Crippen LogP contribution in [0.5, 0.6) is 5.75 Å². The minimum Gasteiger partial charge on any atom is -0.496 e. The Bertz CT molecular complexity index is 971. The van der Waals surface area contributed by atoms with Crippen molar-refractivity contribution in [2.45, 2.75) is 12.5 Å². The number of hydrogen-bond acceptors (Lipinski definition) is 6. The van der Waals surface area contributed by atoms with E-state index in [1.54, 1.807) is 20.4 Å². The van der Waals surface area contributed by atoms with E-state index in [-0.39, 0.29) is 6.10 Å². The molecule has 1 N–H and O–H groups in total. The number of nitrogens with zero attached hydrogens (tertiary/aromatic N) is 4. The van der Waals surface area contributed by atoms with Gasteiger partial charge in [0, 0.05) is 25.6 Å². The molecule has 8 nitrogen and oxygen atoms in total. The highest BCUT2D eigenvalue weighted by atomic mass is 16.6. The first kappa shape index (κ1) is 17.1. The first-order valence-corrected chi connectivity index (χ1v) is 8.81. The molecular weight excluding hydrogens is 346 g/mol. The average molecular weight is 367 g/mol. The highest BCUT2D eigenvalue weighted by molar-refractivity contribution is 5.70. The van der Waals surface area contributed by atoms with Gasteiger partial charge in [-0.05, 0) is 24.3 Å². The van der Waals surface area contributed by atoms with E-state index in [4.69, 9.17) is 14.6 Å². The molecule has 0 spiro atoms. The maximum absolute atomic E-state index is 11.4. The van der Waals surface area contributed by atoms with Gasteiger partial charge in [0.1, 0.15) is 17.7 Å². The van der Waals surface area contributed by atoms with Gasteiger partial charge >= 0.3 is 6.09 Å². The van der Waals surface area contributed by atoms with Crippen molar-refractivity contribution in [2.75, 3.05) is 32.1 Å². The van der Waals surface area contributed by atoms with Gasteiger partial charge in [0.15, 0.2) is 5.65 Å². The lowest BCUT2D eigenvalue weighted by Crippen LogP contribution is -2.29. The van der Waals surface area contributed by atoms with Gasteiger partial charge in [-0.1, -0.05) is 12.1 Å². The topological polar surface area (TPSA) is 81.0 Å². The third-order valence-corrected chi connectivity index (χ3v) is 4.68. The molecule has 3 heterocycles. The van der Waals surface area contributed by atoms with Crippen LogP contribution in [0, 0.1) is 0 Å². The predicted molar refractivity (Wildman–Crippen MR) is 101 cm³/mol. The summed E-state index contributed by atoms with van der Waals surface area (Å²) in [5.41, 5.74) is 2.55. The van der Waals surface area contributed by atoms with Crippen LogP contribution in [-0.4, -0.2) is 54.0 Å². The largest absolute Gasteiger partial charge is 0.496 e. The van der Waals surface area contributed by atoms with Crippen molar-refractivity contribution in [2.24, 2.45) is 0 Å². The number of benzene rings is 1. The molecule has 1 aliphatic rings. The van der Waals surface area contributed by atoms with Gasteiger partial charge in [0.2, 0.25) is 0 Å². The van der Waals surface area contributed by atoms with E-state index in [9.17, 15) is 4.79 Å². The minimum atomic E-state index is -0.404. The van der Waals surface area contributed by atoms with Crippen LogP contribution in [0.25, 0.3) is 16.9 Å². The number of carbonyl (C=O) groups excluding carboxylic acids is 1. The second-order valence-corrected chi connectivity index (χ2v) is 6.32. The molecule has 1 unspecified atom stereocenters. The van der Waals surface area contributed by atoms with Crippen LogP contribution in [0.1, 0.15) is 6.42 Å². The third-order valence-electron chi connectivity index (χ3n) is 4.68. The summed E-state index contributed by atoms with van der Waals surface area (Å²) in [7, 11) is 3.21. The number of carbonyl (C=O) groups is 1. The summed E-state index contributed by atoms with van der Waals surface area (Å²) in [6.45, 7) is 1.39. The molecule has 0 radical (unpaired) electrons. The zero-order valence-corrected chi connectivity index (χ0v) is 15.3. The van der Waals surface area contributed by atoms with E-state index in [1.807, 2.05) is 40.9 Å². The smallest absolute Gasteiger partial charge is 0.407 e. The van der Waals surface area contributed by atoms with E-state index in [0.29, 0.717) is 6.54 Å². The lowest BCUT2D eigenvalue weighted by molar-refractivity contribution is 0.110. The van der Waals surface area contributed by atoms with Crippen molar-refractivity contribution in [1.29, 1.82) is 0 Å². The number of para-hydroxylation sites is 1. The first-order valence-electron chi connectivity index (χ1n) is 8.81. The lowest BCUT2D eigenvalue weighted by Gasteiger charge is -2.17. The van der Waals surface area contributed by atoms with Gasteiger partial charge in [0.25, 0.3) is 0 Å². The SMILES string of the molecule is CNC(=O)OC1CCN(c2ccc3ncc(-c4ccccc4OC)n3n2)C1. The number of methoxy groups -OCH3 is 1. The van der Waals surface area contributed by atoms with Crippen LogP contribution in [0.3, 0.4) is 0 Å². The summed E-state index contributed by atoms with van der Waals surface area (Å²) in [5, 5.41) is 7.26. The summed E-state index contributed by atoms with van der Waals surface area (Å²) in [6, 6.07) is 11.7. The molecule has 1 atom stereocenters. The number of hydrogen-bond donors (Lipinski definition) is 1. The van der Waals surface area contributed by atoms with E-state index in [1.165, 1.54) is 0 Å². The fourth-order valence-electron chi connectivity index (χ4n) is 3.31. The van der Waals surface area contributed by atoms with Crippen molar-refractivity contribution in [1.82, 2.24) is 19.9 Å². The van der Waals surface area contributed by atoms with Gasteiger partial charge < -0.3 is 19.7 Å². The van der Waals surface area contributed by atoms with Gasteiger partial charge in [-0.15, -0.1) is 5.10 Å². The molecule has 27 heavy (non-hydrogen) atoms. The average Bonchev–Trinajstić information content (AvgIpc) is 3.34. The number of amides is 1. The molecule has 0 aliphatic carbocycles. The van der Waals surface area contributed by atoms with Crippen molar-refractivity contribution in [3.8, 4) is 17.0 Å². The van der Waals surface area contributed by atoms with Crippen LogP contribution in [-0.2, 0) is 4.74 Å². The lowest BCUT2D eigenvalue weighted by atomic mass is 10.1. The summed E-state index contributed by atoms with van der Waals surface area (Å²) in [6.07, 6.45) is 2.03. The van der Waals surface area contributed by atoms with E-state index < -0.39 is 6.09 Å². The number of aromatic nitrogens is 3. The fraction of sp³-hybridized carbons (Fsp3) is 0.316. The monoisotopic (exact) mass is 367 g/mol. The first-order chi connectivity index (χ1) is 13.2. The Labute approximate surface area is 156 Å². The second kappa shape index (κ2) is 7.14. The van der Waals surface area contributed by atoms with Gasteiger partial charge in [-0.3, -0.25) is 0 Å². The summed E-state index contributed by atoms with van der Waals surface area (Å²) < 4.78 is 12.6. The van der Waals surface area contributed by atoms with Gasteiger partial charge in [-0.25, -0.2) is 14.3 Å². The Morgan fingerprint density at radius 2 is 2.11 bits per heavy atom. The van der Waals surface area contributed by atoms with Crippen molar-refractivity contribution < 1.29 is 14.3 Å². The zero-order chi connectivity index (χ0) is 18.8. The number of ether oxygens (including phenoxy) is 2. The van der Waals surface area contributed by atoms with Crippen LogP contribution < -0.4 is 15.0 Å². The van der Waals surface area contributed by atoms with Crippen LogP contribution in [0.15, 0.2) is 42.6 Å². The molecule has 4 rings (SSSR count). The second-order valence-electron chi connectivity index (χ2n) is 6.32. The zero-order valence-electron chi connectivity index (χ0n) is 15.3. The normalized spacial score (nSPS) is 16.5. The number of alkyl carbamates (subject to hydrolysis) is 1. The molecule has 140 valence electrons. The van der Waals surface area contributed by atoms with E-state index >= 15 is 0 Å². The molecule has 1 fully saturated rings. The maximum atomic E-state index is 11.4. The molecule has 3 aromatic rings. The standard InChI is InChI=1S/C19H21N5O3/c1-20-19(25)27-13-9-10-23(12-13)18-8-7-17-21-11-15(24(17)22-18)14-5-3-4-6-16(14)26-2/h3-8,11,13H,9-10,12H2,1-2H3,(H,20,25). The van der Waals surface area contributed by atoms with Gasteiger partial charge in [-0.2, -0.15) is 0 Å². The van der Waals surface area contributed by atoms with Crippen molar-refractivity contribution in [3.05, 3.63) is 42.6 Å². The Morgan fingerprint density at radius 3 is 2.93 bits per heavy atom.